The lowest BCUT2D eigenvalue weighted by molar-refractivity contribution is -0.137. The number of hydrogen-bond acceptors (Lipinski definition) is 4. The molecule has 0 aliphatic heterocycles. The maximum absolute atomic E-state index is 13.0. The van der Waals surface area contributed by atoms with Gasteiger partial charge in [-0.3, -0.25) is 9.59 Å². The van der Waals surface area contributed by atoms with Crippen molar-refractivity contribution in [2.75, 3.05) is 13.7 Å². The van der Waals surface area contributed by atoms with Crippen molar-refractivity contribution in [1.82, 2.24) is 5.32 Å². The molecule has 0 unspecified atom stereocenters. The number of rotatable bonds is 8. The van der Waals surface area contributed by atoms with Gasteiger partial charge in [0.2, 0.25) is 0 Å². The van der Waals surface area contributed by atoms with E-state index in [9.17, 15) is 14.0 Å². The van der Waals surface area contributed by atoms with E-state index >= 15 is 0 Å². The van der Waals surface area contributed by atoms with Crippen LogP contribution in [-0.4, -0.2) is 30.7 Å². The Morgan fingerprint density at radius 1 is 1.08 bits per heavy atom. The van der Waals surface area contributed by atoms with Gasteiger partial charge in [-0.2, -0.15) is 0 Å². The van der Waals surface area contributed by atoms with Crippen molar-refractivity contribution in [3.8, 4) is 11.5 Å². The zero-order chi connectivity index (χ0) is 18.2. The van der Waals surface area contributed by atoms with Crippen LogP contribution in [-0.2, 0) is 9.59 Å². The van der Waals surface area contributed by atoms with E-state index < -0.39 is 23.7 Å². The number of carboxylic acids is 1. The SMILES string of the molecule is COc1ccc(OCC(=O)N[C@@H](CC(=O)O)c2ccc(F)cc2)cc1. The number of halogens is 1. The minimum Gasteiger partial charge on any atom is -0.497 e. The molecular formula is C18H18FNO5. The summed E-state index contributed by atoms with van der Waals surface area (Å²) in [6.45, 7) is -0.274. The number of carbonyl (C=O) groups is 2. The zero-order valence-corrected chi connectivity index (χ0v) is 13.6. The van der Waals surface area contributed by atoms with Crippen LogP contribution >= 0.6 is 0 Å². The fourth-order valence-corrected chi connectivity index (χ4v) is 2.18. The summed E-state index contributed by atoms with van der Waals surface area (Å²) in [4.78, 5) is 23.0. The lowest BCUT2D eigenvalue weighted by atomic mass is 10.0. The normalized spacial score (nSPS) is 11.4. The number of carbonyl (C=O) groups excluding carboxylic acids is 1. The van der Waals surface area contributed by atoms with Crippen LogP contribution in [0.5, 0.6) is 11.5 Å². The first-order chi connectivity index (χ1) is 12.0. The van der Waals surface area contributed by atoms with Crippen LogP contribution in [0.2, 0.25) is 0 Å². The second-order valence-corrected chi connectivity index (χ2v) is 5.23. The van der Waals surface area contributed by atoms with Crippen molar-refractivity contribution in [2.24, 2.45) is 0 Å². The monoisotopic (exact) mass is 347 g/mol. The van der Waals surface area contributed by atoms with Crippen molar-refractivity contribution in [2.45, 2.75) is 12.5 Å². The summed E-state index contributed by atoms with van der Waals surface area (Å²) >= 11 is 0. The summed E-state index contributed by atoms with van der Waals surface area (Å²) in [5, 5.41) is 11.6. The van der Waals surface area contributed by atoms with Gasteiger partial charge in [0.25, 0.3) is 5.91 Å². The summed E-state index contributed by atoms with van der Waals surface area (Å²) in [5.41, 5.74) is 0.501. The van der Waals surface area contributed by atoms with Crippen molar-refractivity contribution in [3.63, 3.8) is 0 Å². The molecular weight excluding hydrogens is 329 g/mol. The number of nitrogens with one attached hydrogen (secondary N) is 1. The molecule has 0 aliphatic rings. The second kappa shape index (κ2) is 8.68. The number of carboxylic acid groups (broad SMARTS) is 1. The number of ether oxygens (including phenoxy) is 2. The highest BCUT2D eigenvalue weighted by molar-refractivity contribution is 5.79. The Labute approximate surface area is 144 Å². The van der Waals surface area contributed by atoms with E-state index in [4.69, 9.17) is 14.6 Å². The van der Waals surface area contributed by atoms with E-state index in [1.165, 1.54) is 24.3 Å². The average Bonchev–Trinajstić information content (AvgIpc) is 2.60. The molecule has 0 aliphatic carbocycles. The number of hydrogen-bond donors (Lipinski definition) is 2. The molecule has 7 heteroatoms. The van der Waals surface area contributed by atoms with Gasteiger partial charge in [0, 0.05) is 0 Å². The van der Waals surface area contributed by atoms with Crippen LogP contribution in [0, 0.1) is 5.82 Å². The number of aliphatic carboxylic acids is 1. The smallest absolute Gasteiger partial charge is 0.305 e. The Bertz CT molecular complexity index is 715. The third kappa shape index (κ3) is 5.80. The summed E-state index contributed by atoms with van der Waals surface area (Å²) < 4.78 is 23.4. The van der Waals surface area contributed by atoms with Gasteiger partial charge >= 0.3 is 5.97 Å². The molecule has 0 spiro atoms. The molecule has 0 bridgehead atoms. The third-order valence-corrected chi connectivity index (χ3v) is 3.42. The first-order valence-corrected chi connectivity index (χ1v) is 7.51. The maximum Gasteiger partial charge on any atom is 0.305 e. The molecule has 1 amide bonds. The summed E-state index contributed by atoms with van der Waals surface area (Å²) in [6.07, 6.45) is -0.320. The highest BCUT2D eigenvalue weighted by atomic mass is 19.1. The van der Waals surface area contributed by atoms with Gasteiger partial charge in [0.15, 0.2) is 6.61 Å². The molecule has 25 heavy (non-hydrogen) atoms. The fraction of sp³-hybridized carbons (Fsp3) is 0.222. The van der Waals surface area contributed by atoms with Crippen LogP contribution < -0.4 is 14.8 Å². The molecule has 0 saturated heterocycles. The third-order valence-electron chi connectivity index (χ3n) is 3.42. The van der Waals surface area contributed by atoms with Gasteiger partial charge in [-0.1, -0.05) is 12.1 Å². The molecule has 132 valence electrons. The van der Waals surface area contributed by atoms with Gasteiger partial charge in [0.05, 0.1) is 19.6 Å². The predicted molar refractivity (Wildman–Crippen MR) is 88.0 cm³/mol. The Hall–Kier alpha value is -3.09. The Morgan fingerprint density at radius 2 is 1.68 bits per heavy atom. The zero-order valence-electron chi connectivity index (χ0n) is 13.6. The lowest BCUT2D eigenvalue weighted by Crippen LogP contribution is -2.33. The molecule has 6 nitrogen and oxygen atoms in total. The number of amides is 1. The largest absolute Gasteiger partial charge is 0.497 e. The Balaban J connectivity index is 1.96. The molecule has 0 radical (unpaired) electrons. The van der Waals surface area contributed by atoms with Crippen LogP contribution in [0.1, 0.15) is 18.0 Å². The van der Waals surface area contributed by atoms with E-state index in [0.717, 1.165) is 0 Å². The second-order valence-electron chi connectivity index (χ2n) is 5.23. The molecule has 2 aromatic rings. The Morgan fingerprint density at radius 3 is 2.24 bits per heavy atom. The molecule has 2 N–H and O–H groups in total. The van der Waals surface area contributed by atoms with Crippen LogP contribution in [0.3, 0.4) is 0 Å². The molecule has 0 saturated carbocycles. The molecule has 2 rings (SSSR count). The van der Waals surface area contributed by atoms with E-state index in [1.807, 2.05) is 0 Å². The van der Waals surface area contributed by atoms with E-state index in [1.54, 1.807) is 31.4 Å². The van der Waals surface area contributed by atoms with Gasteiger partial charge in [-0.25, -0.2) is 4.39 Å². The minimum absolute atomic E-state index is 0.274. The first kappa shape index (κ1) is 18.3. The molecule has 0 fully saturated rings. The van der Waals surface area contributed by atoms with Crippen molar-refractivity contribution in [3.05, 3.63) is 59.9 Å². The highest BCUT2D eigenvalue weighted by Crippen LogP contribution is 2.19. The summed E-state index contributed by atoms with van der Waals surface area (Å²) in [5.74, 6) is -0.855. The quantitative estimate of drug-likeness (QED) is 0.767. The van der Waals surface area contributed by atoms with Crippen molar-refractivity contribution >= 4 is 11.9 Å². The van der Waals surface area contributed by atoms with Crippen LogP contribution in [0.25, 0.3) is 0 Å². The number of methoxy groups -OCH3 is 1. The van der Waals surface area contributed by atoms with Crippen LogP contribution in [0.4, 0.5) is 4.39 Å². The van der Waals surface area contributed by atoms with Gasteiger partial charge in [-0.05, 0) is 42.0 Å². The highest BCUT2D eigenvalue weighted by Gasteiger charge is 2.18. The topological polar surface area (TPSA) is 84.9 Å². The Kier molecular flexibility index (Phi) is 6.33. The van der Waals surface area contributed by atoms with E-state index in [0.29, 0.717) is 17.1 Å². The fourth-order valence-electron chi connectivity index (χ4n) is 2.18. The number of benzene rings is 2. The average molecular weight is 347 g/mol. The maximum atomic E-state index is 13.0. The summed E-state index contributed by atoms with van der Waals surface area (Å²) in [7, 11) is 1.54. The first-order valence-electron chi connectivity index (χ1n) is 7.51. The standard InChI is InChI=1S/C18H18FNO5/c1-24-14-6-8-15(9-7-14)25-11-17(21)20-16(10-18(22)23)12-2-4-13(19)5-3-12/h2-9,16H,10-11H2,1H3,(H,20,21)(H,22,23)/t16-/m0/s1. The van der Waals surface area contributed by atoms with Crippen molar-refractivity contribution < 1.29 is 28.6 Å². The van der Waals surface area contributed by atoms with E-state index in [2.05, 4.69) is 5.32 Å². The molecule has 1 atom stereocenters. The molecule has 2 aromatic carbocycles. The lowest BCUT2D eigenvalue weighted by Gasteiger charge is -2.17. The van der Waals surface area contributed by atoms with Crippen LogP contribution in [0.15, 0.2) is 48.5 Å². The van der Waals surface area contributed by atoms with E-state index in [-0.39, 0.29) is 13.0 Å². The predicted octanol–water partition coefficient (Wildman–Crippen LogP) is 2.55. The summed E-state index contributed by atoms with van der Waals surface area (Å²) in [6, 6.07) is 11.2. The van der Waals surface area contributed by atoms with Crippen molar-refractivity contribution in [1.29, 1.82) is 0 Å². The minimum atomic E-state index is -1.08. The van der Waals surface area contributed by atoms with Gasteiger partial charge in [-0.15, -0.1) is 0 Å². The molecule has 0 aromatic heterocycles. The molecule has 0 heterocycles. The van der Waals surface area contributed by atoms with Gasteiger partial charge < -0.3 is 19.9 Å². The van der Waals surface area contributed by atoms with Gasteiger partial charge in [0.1, 0.15) is 17.3 Å².